The molecule has 0 aliphatic rings. The quantitative estimate of drug-likeness (QED) is 0.498. The highest BCUT2D eigenvalue weighted by Crippen LogP contribution is 2.22. The summed E-state index contributed by atoms with van der Waals surface area (Å²) >= 11 is 7.58. The Morgan fingerprint density at radius 1 is 1.53 bits per heavy atom. The van der Waals surface area contributed by atoms with Gasteiger partial charge >= 0.3 is 0 Å². The lowest BCUT2D eigenvalue weighted by atomic mass is 10.2. The molecule has 1 unspecified atom stereocenters. The molecule has 1 atom stereocenters. The lowest BCUT2D eigenvalue weighted by Crippen LogP contribution is -2.28. The molecule has 0 saturated heterocycles. The second-order valence-corrected chi connectivity index (χ2v) is 4.98. The van der Waals surface area contributed by atoms with Crippen LogP contribution in [0.25, 0.3) is 0 Å². The van der Waals surface area contributed by atoms with Crippen LogP contribution in [-0.2, 0) is 5.75 Å². The molecule has 17 heavy (non-hydrogen) atoms. The van der Waals surface area contributed by atoms with E-state index in [1.807, 2.05) is 31.2 Å². The maximum absolute atomic E-state index is 10.1. The van der Waals surface area contributed by atoms with Gasteiger partial charge in [0, 0.05) is 15.7 Å². The van der Waals surface area contributed by atoms with Crippen LogP contribution in [0.4, 0.5) is 0 Å². The van der Waals surface area contributed by atoms with Gasteiger partial charge in [0.2, 0.25) is 0 Å². The lowest BCUT2D eigenvalue weighted by molar-refractivity contribution is -0.485. The van der Waals surface area contributed by atoms with Gasteiger partial charge in [-0.25, -0.2) is 5.32 Å². The minimum Gasteiger partial charge on any atom is -0.263 e. The first kappa shape index (κ1) is 16.5. The molecular formula is C10H14Cl2N2O2S. The summed E-state index contributed by atoms with van der Waals surface area (Å²) in [5.74, 6) is 0.742. The minimum atomic E-state index is -0.382. The third-order valence-electron chi connectivity index (χ3n) is 1.95. The fraction of sp³-hybridized carbons (Fsp3) is 0.400. The van der Waals surface area contributed by atoms with E-state index in [4.69, 9.17) is 11.6 Å². The minimum absolute atomic E-state index is 0. The molecule has 0 radical (unpaired) electrons. The Morgan fingerprint density at radius 2 is 2.18 bits per heavy atom. The molecule has 0 aliphatic carbocycles. The van der Waals surface area contributed by atoms with Crippen molar-refractivity contribution in [3.8, 4) is 0 Å². The average molecular weight is 297 g/mol. The number of rotatable bonds is 6. The van der Waals surface area contributed by atoms with Crippen LogP contribution >= 0.6 is 35.8 Å². The molecule has 1 aromatic carbocycles. The second-order valence-electron chi connectivity index (χ2n) is 3.24. The van der Waals surface area contributed by atoms with Crippen LogP contribution in [0.1, 0.15) is 12.5 Å². The number of benzene rings is 1. The summed E-state index contributed by atoms with van der Waals surface area (Å²) in [5, 5.41) is 13.7. The molecule has 0 aliphatic heterocycles. The Kier molecular flexibility index (Phi) is 8.33. The first-order valence-corrected chi connectivity index (χ1v) is 6.22. The van der Waals surface area contributed by atoms with Crippen molar-refractivity contribution in [3.05, 3.63) is 45.0 Å². The fourth-order valence-electron chi connectivity index (χ4n) is 1.09. The highest BCUT2D eigenvalue weighted by atomic mass is 35.5. The summed E-state index contributed by atoms with van der Waals surface area (Å²) in [6.45, 7) is 1.68. The molecular weight excluding hydrogens is 283 g/mol. The van der Waals surface area contributed by atoms with Crippen LogP contribution in [-0.4, -0.2) is 17.0 Å². The van der Waals surface area contributed by atoms with Crippen molar-refractivity contribution in [1.29, 1.82) is 0 Å². The highest BCUT2D eigenvalue weighted by Gasteiger charge is 2.06. The van der Waals surface area contributed by atoms with Gasteiger partial charge in [0.05, 0.1) is 5.37 Å². The molecule has 0 bridgehead atoms. The predicted octanol–water partition coefficient (Wildman–Crippen LogP) is 3.16. The van der Waals surface area contributed by atoms with Crippen molar-refractivity contribution < 1.29 is 4.92 Å². The third kappa shape index (κ3) is 6.73. The summed E-state index contributed by atoms with van der Waals surface area (Å²) in [4.78, 5) is 9.76. The zero-order chi connectivity index (χ0) is 12.0. The summed E-state index contributed by atoms with van der Waals surface area (Å²) < 4.78 is 0. The SMILES string of the molecule is CC(NC[N+](=O)[O-])SCc1ccccc1Cl.Cl. The Hall–Kier alpha value is -0.490. The molecule has 7 heteroatoms. The summed E-state index contributed by atoms with van der Waals surface area (Å²) in [7, 11) is 0. The van der Waals surface area contributed by atoms with Crippen LogP contribution in [0.5, 0.6) is 0 Å². The van der Waals surface area contributed by atoms with Crippen LogP contribution < -0.4 is 5.32 Å². The summed E-state index contributed by atoms with van der Waals surface area (Å²) in [5.41, 5.74) is 1.05. The number of halogens is 2. The standard InChI is InChI=1S/C10H13ClN2O2S.ClH/c1-8(12-7-13(14)15)16-6-9-4-2-3-5-10(9)11;/h2-5,8,12H,6-7H2,1H3;1H. The molecule has 0 heterocycles. The summed E-state index contributed by atoms with van der Waals surface area (Å²) in [6, 6.07) is 7.60. The summed E-state index contributed by atoms with van der Waals surface area (Å²) in [6.07, 6.45) is 0. The van der Waals surface area contributed by atoms with E-state index in [2.05, 4.69) is 5.32 Å². The van der Waals surface area contributed by atoms with Crippen molar-refractivity contribution in [2.24, 2.45) is 0 Å². The largest absolute Gasteiger partial charge is 0.263 e. The van der Waals surface area contributed by atoms with E-state index >= 15 is 0 Å². The Labute approximate surface area is 116 Å². The molecule has 0 fully saturated rings. The van der Waals surface area contributed by atoms with Gasteiger partial charge in [0.25, 0.3) is 6.67 Å². The second kappa shape index (κ2) is 8.58. The first-order valence-electron chi connectivity index (χ1n) is 4.80. The van der Waals surface area contributed by atoms with E-state index in [1.54, 1.807) is 11.8 Å². The van der Waals surface area contributed by atoms with Crippen molar-refractivity contribution in [2.45, 2.75) is 18.1 Å². The van der Waals surface area contributed by atoms with Crippen LogP contribution in [0.3, 0.4) is 0 Å². The molecule has 1 aromatic rings. The Balaban J connectivity index is 0.00000256. The van der Waals surface area contributed by atoms with Gasteiger partial charge in [-0.05, 0) is 18.6 Å². The van der Waals surface area contributed by atoms with E-state index in [1.165, 1.54) is 0 Å². The van der Waals surface area contributed by atoms with Gasteiger partial charge in [0.1, 0.15) is 0 Å². The number of thioether (sulfide) groups is 1. The van der Waals surface area contributed by atoms with Crippen LogP contribution in [0, 0.1) is 10.1 Å². The number of hydrogen-bond donors (Lipinski definition) is 1. The van der Waals surface area contributed by atoms with Crippen LogP contribution in [0.15, 0.2) is 24.3 Å². The van der Waals surface area contributed by atoms with Gasteiger partial charge in [-0.3, -0.25) is 10.1 Å². The Morgan fingerprint density at radius 3 is 2.76 bits per heavy atom. The van der Waals surface area contributed by atoms with Gasteiger partial charge in [-0.1, -0.05) is 29.8 Å². The van der Waals surface area contributed by atoms with E-state index in [-0.39, 0.29) is 29.4 Å². The van der Waals surface area contributed by atoms with Gasteiger partial charge in [-0.15, -0.1) is 24.2 Å². The Bertz CT molecular complexity index is 366. The maximum Gasteiger partial charge on any atom is 0.257 e. The average Bonchev–Trinajstić information content (AvgIpc) is 2.25. The monoisotopic (exact) mass is 296 g/mol. The molecule has 1 N–H and O–H groups in total. The van der Waals surface area contributed by atoms with Crippen molar-refractivity contribution in [1.82, 2.24) is 5.32 Å². The molecule has 4 nitrogen and oxygen atoms in total. The number of nitrogens with one attached hydrogen (secondary N) is 1. The van der Waals surface area contributed by atoms with E-state index in [9.17, 15) is 10.1 Å². The number of nitro groups is 1. The fourth-order valence-corrected chi connectivity index (χ4v) is 2.25. The van der Waals surface area contributed by atoms with Gasteiger partial charge in [0.15, 0.2) is 0 Å². The van der Waals surface area contributed by atoms with Gasteiger partial charge < -0.3 is 0 Å². The van der Waals surface area contributed by atoms with Gasteiger partial charge in [-0.2, -0.15) is 0 Å². The van der Waals surface area contributed by atoms with Crippen LogP contribution in [0.2, 0.25) is 5.02 Å². The van der Waals surface area contributed by atoms with E-state index in [0.717, 1.165) is 16.3 Å². The molecule has 0 amide bonds. The number of nitrogens with zero attached hydrogens (tertiary/aromatic N) is 1. The maximum atomic E-state index is 10.1. The highest BCUT2D eigenvalue weighted by molar-refractivity contribution is 7.99. The third-order valence-corrected chi connectivity index (χ3v) is 3.47. The smallest absolute Gasteiger partial charge is 0.257 e. The first-order chi connectivity index (χ1) is 7.59. The molecule has 96 valence electrons. The lowest BCUT2D eigenvalue weighted by Gasteiger charge is -2.10. The topological polar surface area (TPSA) is 55.2 Å². The zero-order valence-electron chi connectivity index (χ0n) is 9.26. The van der Waals surface area contributed by atoms with E-state index < -0.39 is 0 Å². The molecule has 0 spiro atoms. The van der Waals surface area contributed by atoms with E-state index in [0.29, 0.717) is 0 Å². The molecule has 0 aromatic heterocycles. The normalized spacial score (nSPS) is 11.6. The van der Waals surface area contributed by atoms with Crippen molar-refractivity contribution in [3.63, 3.8) is 0 Å². The predicted molar refractivity (Wildman–Crippen MR) is 74.5 cm³/mol. The zero-order valence-corrected chi connectivity index (χ0v) is 11.6. The van der Waals surface area contributed by atoms with Crippen molar-refractivity contribution >= 4 is 35.8 Å². The van der Waals surface area contributed by atoms with Crippen molar-refractivity contribution in [2.75, 3.05) is 6.67 Å². The molecule has 1 rings (SSSR count). The molecule has 0 saturated carbocycles. The number of hydrogen-bond acceptors (Lipinski definition) is 4.